The van der Waals surface area contributed by atoms with Crippen LogP contribution >= 0.6 is 0 Å². The maximum absolute atomic E-state index is 13.2. The molecule has 0 aliphatic heterocycles. The molecule has 0 aliphatic rings. The van der Waals surface area contributed by atoms with Crippen LogP contribution < -0.4 is 10.6 Å². The zero-order chi connectivity index (χ0) is 24.5. The predicted molar refractivity (Wildman–Crippen MR) is 119 cm³/mol. The van der Waals surface area contributed by atoms with E-state index in [1.807, 2.05) is 13.0 Å². The smallest absolute Gasteiger partial charge is 0.355 e. The van der Waals surface area contributed by atoms with Crippen molar-refractivity contribution in [1.29, 1.82) is 5.26 Å². The average Bonchev–Trinajstić information content (AvgIpc) is 3.26. The number of amides is 1. The van der Waals surface area contributed by atoms with Gasteiger partial charge in [0, 0.05) is 36.0 Å². The lowest BCUT2D eigenvalue weighted by atomic mass is 10.1. The number of fused-ring (bicyclic) bond motifs is 1. The van der Waals surface area contributed by atoms with E-state index >= 15 is 0 Å². The number of alkyl halides is 3. The lowest BCUT2D eigenvalue weighted by Crippen LogP contribution is -2.18. The Morgan fingerprint density at radius 1 is 1.18 bits per heavy atom. The van der Waals surface area contributed by atoms with Gasteiger partial charge in [0.25, 0.3) is 5.91 Å². The fourth-order valence-electron chi connectivity index (χ4n) is 3.44. The van der Waals surface area contributed by atoms with Gasteiger partial charge >= 0.3 is 6.18 Å². The van der Waals surface area contributed by atoms with Crippen LogP contribution in [-0.2, 0) is 6.18 Å². The first kappa shape index (κ1) is 22.7. The van der Waals surface area contributed by atoms with E-state index < -0.39 is 11.7 Å². The van der Waals surface area contributed by atoms with E-state index in [1.54, 1.807) is 31.3 Å². The monoisotopic (exact) mass is 465 g/mol. The summed E-state index contributed by atoms with van der Waals surface area (Å²) in [5.74, 6) is -0.0136. The number of hydrogen-bond acceptors (Lipinski definition) is 6. The SMILES string of the molecule is CNC(=O)c1ccc([C@H](C)Nc2ncc(C#N)c(-c3c[nH]c4ncc(C(F)(F)F)cc34)n2)cc1. The molecule has 0 bridgehead atoms. The zero-order valence-corrected chi connectivity index (χ0v) is 18.0. The lowest BCUT2D eigenvalue weighted by molar-refractivity contribution is -0.137. The molecule has 0 saturated heterocycles. The maximum Gasteiger partial charge on any atom is 0.417 e. The molecule has 4 aromatic rings. The summed E-state index contributed by atoms with van der Waals surface area (Å²) in [5, 5.41) is 15.4. The van der Waals surface area contributed by atoms with Crippen molar-refractivity contribution in [1.82, 2.24) is 25.3 Å². The van der Waals surface area contributed by atoms with E-state index in [4.69, 9.17) is 0 Å². The van der Waals surface area contributed by atoms with Crippen LogP contribution in [0.15, 0.2) is 48.9 Å². The Bertz CT molecular complexity index is 1410. The molecule has 0 saturated carbocycles. The number of pyridine rings is 1. The molecule has 1 amide bonds. The van der Waals surface area contributed by atoms with Crippen LogP contribution in [-0.4, -0.2) is 32.9 Å². The molecule has 0 unspecified atom stereocenters. The molecular weight excluding hydrogens is 447 g/mol. The average molecular weight is 465 g/mol. The number of aromatic amines is 1. The minimum atomic E-state index is -4.56. The minimum Gasteiger partial charge on any atom is -0.355 e. The number of benzene rings is 1. The molecule has 0 radical (unpaired) electrons. The number of nitrogens with zero attached hydrogens (tertiary/aromatic N) is 4. The molecule has 3 aromatic heterocycles. The van der Waals surface area contributed by atoms with Crippen LogP contribution in [0.4, 0.5) is 19.1 Å². The summed E-state index contributed by atoms with van der Waals surface area (Å²) >= 11 is 0. The van der Waals surface area contributed by atoms with Crippen molar-refractivity contribution in [2.24, 2.45) is 0 Å². The van der Waals surface area contributed by atoms with Gasteiger partial charge in [-0.3, -0.25) is 4.79 Å². The Morgan fingerprint density at radius 3 is 2.56 bits per heavy atom. The highest BCUT2D eigenvalue weighted by Crippen LogP contribution is 2.35. The summed E-state index contributed by atoms with van der Waals surface area (Å²) in [7, 11) is 1.55. The van der Waals surface area contributed by atoms with Crippen LogP contribution in [0, 0.1) is 11.3 Å². The summed E-state index contributed by atoms with van der Waals surface area (Å²) in [4.78, 5) is 27.0. The number of carbonyl (C=O) groups is 1. The third kappa shape index (κ3) is 4.38. The summed E-state index contributed by atoms with van der Waals surface area (Å²) in [6.45, 7) is 1.86. The molecule has 1 atom stereocenters. The van der Waals surface area contributed by atoms with Crippen molar-refractivity contribution in [3.8, 4) is 17.3 Å². The van der Waals surface area contributed by atoms with Crippen LogP contribution in [0.3, 0.4) is 0 Å². The van der Waals surface area contributed by atoms with Gasteiger partial charge in [-0.05, 0) is 30.7 Å². The van der Waals surface area contributed by atoms with Crippen molar-refractivity contribution in [2.75, 3.05) is 12.4 Å². The largest absolute Gasteiger partial charge is 0.417 e. The Morgan fingerprint density at radius 2 is 1.91 bits per heavy atom. The van der Waals surface area contributed by atoms with Gasteiger partial charge < -0.3 is 15.6 Å². The molecule has 3 N–H and O–H groups in total. The quantitative estimate of drug-likeness (QED) is 0.401. The molecule has 172 valence electrons. The Hall–Kier alpha value is -4.46. The third-order valence-corrected chi connectivity index (χ3v) is 5.27. The van der Waals surface area contributed by atoms with Crippen molar-refractivity contribution in [2.45, 2.75) is 19.1 Å². The fraction of sp³-hybridized carbons (Fsp3) is 0.174. The zero-order valence-electron chi connectivity index (χ0n) is 18.0. The molecule has 0 aliphatic carbocycles. The second-order valence-electron chi connectivity index (χ2n) is 7.46. The number of aromatic nitrogens is 4. The van der Waals surface area contributed by atoms with Gasteiger partial charge in [-0.2, -0.15) is 18.4 Å². The van der Waals surface area contributed by atoms with Gasteiger partial charge in [-0.1, -0.05) is 12.1 Å². The van der Waals surface area contributed by atoms with Gasteiger partial charge in [-0.15, -0.1) is 0 Å². The molecule has 34 heavy (non-hydrogen) atoms. The number of anilines is 1. The molecule has 0 fully saturated rings. The summed E-state index contributed by atoms with van der Waals surface area (Å²) in [5.41, 5.74) is 1.29. The van der Waals surface area contributed by atoms with Gasteiger partial charge in [0.1, 0.15) is 11.7 Å². The number of nitriles is 1. The topological polar surface area (TPSA) is 119 Å². The Labute approximate surface area is 191 Å². The first-order valence-corrected chi connectivity index (χ1v) is 10.1. The number of nitrogens with one attached hydrogen (secondary N) is 3. The van der Waals surface area contributed by atoms with Crippen LogP contribution in [0.2, 0.25) is 0 Å². The molecular formula is C23H18F3N7O. The lowest BCUT2D eigenvalue weighted by Gasteiger charge is -2.15. The van der Waals surface area contributed by atoms with E-state index in [1.165, 1.54) is 12.4 Å². The van der Waals surface area contributed by atoms with Gasteiger partial charge in [0.15, 0.2) is 0 Å². The molecule has 8 nitrogen and oxygen atoms in total. The summed E-state index contributed by atoms with van der Waals surface area (Å²) < 4.78 is 39.6. The van der Waals surface area contributed by atoms with Crippen LogP contribution in [0.25, 0.3) is 22.3 Å². The van der Waals surface area contributed by atoms with Crippen molar-refractivity contribution < 1.29 is 18.0 Å². The highest BCUT2D eigenvalue weighted by atomic mass is 19.4. The summed E-state index contributed by atoms with van der Waals surface area (Å²) in [6.07, 6.45) is -1.04. The first-order valence-electron chi connectivity index (χ1n) is 10.1. The van der Waals surface area contributed by atoms with Crippen LogP contribution in [0.5, 0.6) is 0 Å². The molecule has 3 heterocycles. The highest BCUT2D eigenvalue weighted by Gasteiger charge is 2.31. The molecule has 11 heteroatoms. The van der Waals surface area contributed by atoms with Gasteiger partial charge in [-0.25, -0.2) is 15.0 Å². The van der Waals surface area contributed by atoms with Gasteiger partial charge in [0.2, 0.25) is 5.95 Å². The Balaban J connectivity index is 1.68. The number of carbonyl (C=O) groups excluding carboxylic acids is 1. The number of halogens is 3. The first-order chi connectivity index (χ1) is 16.2. The van der Waals surface area contributed by atoms with E-state index in [9.17, 15) is 23.2 Å². The van der Waals surface area contributed by atoms with Crippen molar-refractivity contribution in [3.63, 3.8) is 0 Å². The predicted octanol–water partition coefficient (Wildman–Crippen LogP) is 4.44. The van der Waals surface area contributed by atoms with Crippen molar-refractivity contribution >= 4 is 22.9 Å². The fourth-order valence-corrected chi connectivity index (χ4v) is 3.44. The maximum atomic E-state index is 13.2. The minimum absolute atomic E-state index is 0.103. The molecule has 1 aromatic carbocycles. The standard InChI is InChI=1S/C23H18F3N7O/c1-12(13-3-5-14(6-4-13)21(34)28-2)32-22-31-9-15(8-27)19(33-22)18-11-30-20-17(18)7-16(10-29-20)23(24,25)26/h3-7,9-12H,1-2H3,(H,28,34)(H,29,30)(H,31,32,33)/t12-/m0/s1. The number of H-pyrrole nitrogens is 1. The number of rotatable bonds is 5. The van der Waals surface area contributed by atoms with E-state index in [0.717, 1.165) is 17.8 Å². The Kier molecular flexibility index (Phi) is 5.89. The van der Waals surface area contributed by atoms with Gasteiger partial charge in [0.05, 0.1) is 29.1 Å². The third-order valence-electron chi connectivity index (χ3n) is 5.27. The van der Waals surface area contributed by atoms with Crippen LogP contribution in [0.1, 0.15) is 40.0 Å². The molecule has 0 spiro atoms. The van der Waals surface area contributed by atoms with E-state index in [0.29, 0.717) is 11.1 Å². The molecule has 4 rings (SSSR count). The summed E-state index contributed by atoms with van der Waals surface area (Å²) in [6, 6.07) is 9.65. The van der Waals surface area contributed by atoms with Crippen molar-refractivity contribution in [3.05, 3.63) is 71.2 Å². The highest BCUT2D eigenvalue weighted by molar-refractivity contribution is 5.94. The second-order valence-corrected chi connectivity index (χ2v) is 7.46. The van der Waals surface area contributed by atoms with E-state index in [2.05, 4.69) is 30.6 Å². The van der Waals surface area contributed by atoms with E-state index in [-0.39, 0.29) is 40.2 Å². The second kappa shape index (κ2) is 8.82. The number of hydrogen-bond donors (Lipinski definition) is 3. The normalized spacial score (nSPS) is 12.2.